The van der Waals surface area contributed by atoms with Gasteiger partial charge in [0.05, 0.1) is 12.2 Å². The van der Waals surface area contributed by atoms with Gasteiger partial charge in [-0.25, -0.2) is 4.98 Å². The van der Waals surface area contributed by atoms with Crippen molar-refractivity contribution in [2.45, 2.75) is 31.7 Å². The Kier molecular flexibility index (Phi) is 5.38. The number of aliphatic imine (C=N–C) groups is 1. The van der Waals surface area contributed by atoms with Crippen LogP contribution in [0, 0.1) is 0 Å². The smallest absolute Gasteiger partial charge is 0.159 e. The number of thiazole rings is 1. The van der Waals surface area contributed by atoms with Crippen LogP contribution in [0.25, 0.3) is 0 Å². The molecule has 1 aromatic heterocycles. The highest BCUT2D eigenvalue weighted by Crippen LogP contribution is 2.24. The predicted octanol–water partition coefficient (Wildman–Crippen LogP) is 2.46. The highest BCUT2D eigenvalue weighted by molar-refractivity contribution is 8.14. The molecule has 0 spiro atoms. The van der Waals surface area contributed by atoms with Gasteiger partial charge in [0.2, 0.25) is 0 Å². The van der Waals surface area contributed by atoms with E-state index in [1.165, 1.54) is 10.9 Å². The van der Waals surface area contributed by atoms with Crippen LogP contribution in [0.15, 0.2) is 10.4 Å². The van der Waals surface area contributed by atoms with Crippen LogP contribution in [0.3, 0.4) is 0 Å². The summed E-state index contributed by atoms with van der Waals surface area (Å²) >= 11 is 3.62. The molecule has 0 N–H and O–H groups in total. The van der Waals surface area contributed by atoms with Gasteiger partial charge < -0.3 is 9.64 Å². The number of ether oxygens (including phenoxy) is 1. The molecule has 2 atom stereocenters. The summed E-state index contributed by atoms with van der Waals surface area (Å²) in [5.74, 6) is 0. The monoisotopic (exact) mass is 340 g/mol. The Labute approximate surface area is 140 Å². The van der Waals surface area contributed by atoms with Gasteiger partial charge in [-0.1, -0.05) is 18.7 Å². The Morgan fingerprint density at radius 1 is 1.36 bits per heavy atom. The fourth-order valence-electron chi connectivity index (χ4n) is 2.64. The summed E-state index contributed by atoms with van der Waals surface area (Å²) in [6, 6.07) is 0. The zero-order valence-corrected chi connectivity index (χ0v) is 15.1. The van der Waals surface area contributed by atoms with Gasteiger partial charge in [-0.15, -0.1) is 11.3 Å². The molecular formula is C15H24N4OS2. The highest BCUT2D eigenvalue weighted by Gasteiger charge is 2.25. The topological polar surface area (TPSA) is 41.0 Å². The molecule has 0 bridgehead atoms. The van der Waals surface area contributed by atoms with Crippen LogP contribution in [0.5, 0.6) is 0 Å². The van der Waals surface area contributed by atoms with E-state index in [-0.39, 0.29) is 6.10 Å². The van der Waals surface area contributed by atoms with Crippen molar-refractivity contribution in [1.82, 2.24) is 14.8 Å². The quantitative estimate of drug-likeness (QED) is 0.842. The molecule has 0 radical (unpaired) electrons. The number of methoxy groups -OCH3 is 1. The average molecular weight is 341 g/mol. The van der Waals surface area contributed by atoms with Crippen molar-refractivity contribution in [2.24, 2.45) is 4.99 Å². The molecule has 2 aliphatic heterocycles. The number of hydrogen-bond donors (Lipinski definition) is 0. The average Bonchev–Trinajstić information content (AvgIpc) is 3.16. The van der Waals surface area contributed by atoms with Crippen LogP contribution in [-0.4, -0.2) is 65.0 Å². The SMILES string of the molecule is CO[C@H](C)c1nc(CN2CCN(C3=NC[C@H](C)S3)CC2)cs1. The van der Waals surface area contributed by atoms with Gasteiger partial charge in [0.15, 0.2) is 5.17 Å². The van der Waals surface area contributed by atoms with Gasteiger partial charge in [0, 0.05) is 50.5 Å². The largest absolute Gasteiger partial charge is 0.375 e. The first-order valence-corrected chi connectivity index (χ1v) is 9.57. The molecule has 0 amide bonds. The fourth-order valence-corrected chi connectivity index (χ4v) is 4.48. The normalized spacial score (nSPS) is 24.6. The lowest BCUT2D eigenvalue weighted by atomic mass is 10.3. The lowest BCUT2D eigenvalue weighted by Gasteiger charge is -2.35. The van der Waals surface area contributed by atoms with E-state index in [4.69, 9.17) is 9.72 Å². The van der Waals surface area contributed by atoms with Crippen LogP contribution in [-0.2, 0) is 11.3 Å². The van der Waals surface area contributed by atoms with Gasteiger partial charge in [-0.05, 0) is 6.92 Å². The van der Waals surface area contributed by atoms with Gasteiger partial charge in [0.1, 0.15) is 11.1 Å². The third kappa shape index (κ3) is 3.82. The summed E-state index contributed by atoms with van der Waals surface area (Å²) < 4.78 is 5.33. The van der Waals surface area contributed by atoms with E-state index >= 15 is 0 Å². The van der Waals surface area contributed by atoms with Crippen LogP contribution in [0.4, 0.5) is 0 Å². The molecule has 7 heteroatoms. The van der Waals surface area contributed by atoms with Crippen LogP contribution >= 0.6 is 23.1 Å². The van der Waals surface area contributed by atoms with E-state index in [1.54, 1.807) is 18.4 Å². The Morgan fingerprint density at radius 3 is 2.77 bits per heavy atom. The molecule has 0 aromatic carbocycles. The molecule has 1 aromatic rings. The minimum atomic E-state index is 0.0926. The lowest BCUT2D eigenvalue weighted by Crippen LogP contribution is -2.47. The van der Waals surface area contributed by atoms with Crippen molar-refractivity contribution in [1.29, 1.82) is 0 Å². The van der Waals surface area contributed by atoms with Crippen LogP contribution in [0.2, 0.25) is 0 Å². The van der Waals surface area contributed by atoms with Crippen molar-refractivity contribution < 1.29 is 4.74 Å². The maximum atomic E-state index is 5.33. The van der Waals surface area contributed by atoms with Crippen LogP contribution < -0.4 is 0 Å². The van der Waals surface area contributed by atoms with E-state index in [9.17, 15) is 0 Å². The van der Waals surface area contributed by atoms with Gasteiger partial charge in [-0.3, -0.25) is 9.89 Å². The standard InChI is InChI=1S/C15H24N4OS2/c1-11-8-16-15(22-11)19-6-4-18(5-7-19)9-13-10-21-14(17-13)12(2)20-3/h10-12H,4-9H2,1-3H3/t11-,12+/m0/s1. The molecule has 0 saturated carbocycles. The third-order valence-corrected chi connectivity index (χ3v) is 6.29. The molecule has 122 valence electrons. The zero-order chi connectivity index (χ0) is 15.5. The number of amidine groups is 1. The molecule has 1 saturated heterocycles. The second-order valence-corrected chi connectivity index (χ2v) is 8.17. The number of nitrogens with zero attached hydrogens (tertiary/aromatic N) is 4. The van der Waals surface area contributed by atoms with E-state index in [0.717, 1.165) is 44.3 Å². The Morgan fingerprint density at radius 2 is 2.14 bits per heavy atom. The van der Waals surface area contributed by atoms with Gasteiger partial charge in [0.25, 0.3) is 0 Å². The number of rotatable bonds is 4. The summed E-state index contributed by atoms with van der Waals surface area (Å²) in [5.41, 5.74) is 1.17. The number of hydrogen-bond acceptors (Lipinski definition) is 7. The van der Waals surface area contributed by atoms with E-state index in [0.29, 0.717) is 5.25 Å². The molecule has 0 aliphatic carbocycles. The fraction of sp³-hybridized carbons (Fsp3) is 0.733. The van der Waals surface area contributed by atoms with E-state index < -0.39 is 0 Å². The Hall–Kier alpha value is -0.630. The third-order valence-electron chi connectivity index (χ3n) is 4.09. The van der Waals surface area contributed by atoms with E-state index in [1.807, 2.05) is 18.7 Å². The second kappa shape index (κ2) is 7.29. The minimum absolute atomic E-state index is 0.0926. The summed E-state index contributed by atoms with van der Waals surface area (Å²) in [4.78, 5) is 14.3. The molecule has 3 heterocycles. The maximum absolute atomic E-state index is 5.33. The van der Waals surface area contributed by atoms with Crippen molar-refractivity contribution in [3.05, 3.63) is 16.1 Å². The molecule has 3 rings (SSSR count). The molecule has 1 fully saturated rings. The first kappa shape index (κ1) is 16.2. The van der Waals surface area contributed by atoms with Gasteiger partial charge >= 0.3 is 0 Å². The van der Waals surface area contributed by atoms with Crippen molar-refractivity contribution in [3.8, 4) is 0 Å². The summed E-state index contributed by atoms with van der Waals surface area (Å²) in [6.45, 7) is 10.5. The highest BCUT2D eigenvalue weighted by atomic mass is 32.2. The summed E-state index contributed by atoms with van der Waals surface area (Å²) in [7, 11) is 1.73. The molecular weight excluding hydrogens is 316 g/mol. The first-order chi connectivity index (χ1) is 10.7. The molecule has 5 nitrogen and oxygen atoms in total. The first-order valence-electron chi connectivity index (χ1n) is 7.81. The zero-order valence-electron chi connectivity index (χ0n) is 13.5. The molecule has 0 unspecified atom stereocenters. The number of thioether (sulfide) groups is 1. The molecule has 2 aliphatic rings. The lowest BCUT2D eigenvalue weighted by molar-refractivity contribution is 0.119. The Balaban J connectivity index is 1.48. The minimum Gasteiger partial charge on any atom is -0.375 e. The van der Waals surface area contributed by atoms with Crippen molar-refractivity contribution in [2.75, 3.05) is 39.8 Å². The van der Waals surface area contributed by atoms with Crippen molar-refractivity contribution in [3.63, 3.8) is 0 Å². The number of piperazine rings is 1. The summed E-state index contributed by atoms with van der Waals surface area (Å²) in [5, 5.41) is 5.12. The molecule has 22 heavy (non-hydrogen) atoms. The van der Waals surface area contributed by atoms with Crippen LogP contribution in [0.1, 0.15) is 30.7 Å². The number of aromatic nitrogens is 1. The predicted molar refractivity (Wildman–Crippen MR) is 93.7 cm³/mol. The second-order valence-electron chi connectivity index (χ2n) is 5.87. The Bertz CT molecular complexity index is 525. The van der Waals surface area contributed by atoms with Gasteiger partial charge in [-0.2, -0.15) is 0 Å². The summed E-state index contributed by atoms with van der Waals surface area (Å²) in [6.07, 6.45) is 0.0926. The maximum Gasteiger partial charge on any atom is 0.159 e. The van der Waals surface area contributed by atoms with Crippen molar-refractivity contribution >= 4 is 28.3 Å². The van der Waals surface area contributed by atoms with E-state index in [2.05, 4.69) is 27.1 Å².